The summed E-state index contributed by atoms with van der Waals surface area (Å²) in [4.78, 5) is 4.78. The fourth-order valence-corrected chi connectivity index (χ4v) is 7.79. The van der Waals surface area contributed by atoms with Crippen molar-refractivity contribution in [3.05, 3.63) is 0 Å². The standard InChI is InChI=1S/C45H93N3S/c1-7-11-14-17-21-27-34-43(10-4)35-28-22-18-24-31-40-48(42-33-39-46-45(49)47(5)6)41-32-25-19-23-30-38-44(36-26-16-13-9-3)37-29-20-15-12-8-2/h43-44H,7-42H2,1-6H3,(H,46,49). The Morgan fingerprint density at radius 3 is 1.14 bits per heavy atom. The topological polar surface area (TPSA) is 18.5 Å². The summed E-state index contributed by atoms with van der Waals surface area (Å²) >= 11 is 5.45. The summed E-state index contributed by atoms with van der Waals surface area (Å²) in [6.07, 6.45) is 45.8. The molecule has 4 heteroatoms. The van der Waals surface area contributed by atoms with Crippen molar-refractivity contribution in [3.63, 3.8) is 0 Å². The third kappa shape index (κ3) is 34.5. The van der Waals surface area contributed by atoms with Gasteiger partial charge in [-0.05, 0) is 63.0 Å². The van der Waals surface area contributed by atoms with Gasteiger partial charge in [-0.15, -0.1) is 0 Å². The van der Waals surface area contributed by atoms with E-state index in [0.717, 1.165) is 23.5 Å². The van der Waals surface area contributed by atoms with Crippen LogP contribution in [-0.2, 0) is 0 Å². The van der Waals surface area contributed by atoms with Crippen LogP contribution in [0.4, 0.5) is 0 Å². The van der Waals surface area contributed by atoms with E-state index >= 15 is 0 Å². The molecule has 0 bridgehead atoms. The van der Waals surface area contributed by atoms with Gasteiger partial charge in [-0.25, -0.2) is 0 Å². The highest BCUT2D eigenvalue weighted by Gasteiger charge is 2.10. The van der Waals surface area contributed by atoms with E-state index in [1.807, 2.05) is 19.0 Å². The lowest BCUT2D eigenvalue weighted by atomic mass is 9.89. The summed E-state index contributed by atoms with van der Waals surface area (Å²) in [5.74, 6) is 1.98. The lowest BCUT2D eigenvalue weighted by Crippen LogP contribution is -2.36. The van der Waals surface area contributed by atoms with Gasteiger partial charge in [0.1, 0.15) is 0 Å². The van der Waals surface area contributed by atoms with Gasteiger partial charge >= 0.3 is 0 Å². The molecule has 0 spiro atoms. The van der Waals surface area contributed by atoms with Crippen LogP contribution in [-0.4, -0.2) is 55.2 Å². The summed E-state index contributed by atoms with van der Waals surface area (Å²) in [6, 6.07) is 0. The van der Waals surface area contributed by atoms with E-state index in [-0.39, 0.29) is 0 Å². The van der Waals surface area contributed by atoms with Crippen molar-refractivity contribution in [2.24, 2.45) is 11.8 Å². The van der Waals surface area contributed by atoms with Crippen LogP contribution in [0.25, 0.3) is 0 Å². The van der Waals surface area contributed by atoms with Crippen molar-refractivity contribution in [1.29, 1.82) is 0 Å². The summed E-state index contributed by atoms with van der Waals surface area (Å²) in [7, 11) is 4.06. The molecule has 0 aliphatic rings. The Morgan fingerprint density at radius 1 is 0.429 bits per heavy atom. The minimum atomic E-state index is 0.864. The van der Waals surface area contributed by atoms with Gasteiger partial charge in [0.05, 0.1) is 0 Å². The average Bonchev–Trinajstić information content (AvgIpc) is 3.10. The molecule has 0 aromatic rings. The fraction of sp³-hybridized carbons (Fsp3) is 0.978. The Labute approximate surface area is 316 Å². The van der Waals surface area contributed by atoms with Gasteiger partial charge in [0.25, 0.3) is 0 Å². The van der Waals surface area contributed by atoms with Crippen LogP contribution in [0, 0.1) is 11.8 Å². The smallest absolute Gasteiger partial charge is 0.168 e. The van der Waals surface area contributed by atoms with Crippen molar-refractivity contribution in [2.45, 2.75) is 233 Å². The highest BCUT2D eigenvalue weighted by molar-refractivity contribution is 7.80. The number of rotatable bonds is 39. The van der Waals surface area contributed by atoms with Crippen LogP contribution < -0.4 is 5.32 Å². The predicted molar refractivity (Wildman–Crippen MR) is 228 cm³/mol. The third-order valence-electron chi connectivity index (χ3n) is 11.2. The third-order valence-corrected chi connectivity index (χ3v) is 11.7. The van der Waals surface area contributed by atoms with Gasteiger partial charge in [0, 0.05) is 20.6 Å². The molecule has 0 rings (SSSR count). The van der Waals surface area contributed by atoms with E-state index in [1.54, 1.807) is 0 Å². The Bertz CT molecular complexity index is 653. The van der Waals surface area contributed by atoms with E-state index < -0.39 is 0 Å². The van der Waals surface area contributed by atoms with Crippen LogP contribution in [0.15, 0.2) is 0 Å². The molecule has 3 nitrogen and oxygen atoms in total. The second-order valence-electron chi connectivity index (χ2n) is 16.2. The molecule has 2 unspecified atom stereocenters. The molecule has 294 valence electrons. The molecule has 0 aromatic carbocycles. The zero-order valence-corrected chi connectivity index (χ0v) is 35.7. The maximum Gasteiger partial charge on any atom is 0.168 e. The SMILES string of the molecule is CCCCCCCCC(CC)CCCCCCCN(CCCCCCCC(CCCCCC)CCCCCCC)CCCNC(=S)N(C)C. The van der Waals surface area contributed by atoms with E-state index in [9.17, 15) is 0 Å². The largest absolute Gasteiger partial charge is 0.363 e. The number of thiocarbonyl (C=S) groups is 1. The maximum atomic E-state index is 5.45. The van der Waals surface area contributed by atoms with Crippen molar-refractivity contribution in [3.8, 4) is 0 Å². The number of nitrogens with one attached hydrogen (secondary N) is 1. The molecule has 0 aliphatic carbocycles. The molecular weight excluding hydrogens is 615 g/mol. The summed E-state index contributed by atoms with van der Waals surface area (Å²) in [5.41, 5.74) is 0. The van der Waals surface area contributed by atoms with E-state index in [0.29, 0.717) is 0 Å². The van der Waals surface area contributed by atoms with E-state index in [4.69, 9.17) is 12.2 Å². The summed E-state index contributed by atoms with van der Waals surface area (Å²) in [5, 5.41) is 4.30. The minimum Gasteiger partial charge on any atom is -0.363 e. The second-order valence-corrected chi connectivity index (χ2v) is 16.6. The van der Waals surface area contributed by atoms with Gasteiger partial charge in [-0.3, -0.25) is 0 Å². The zero-order chi connectivity index (χ0) is 36.0. The number of hydrogen-bond donors (Lipinski definition) is 1. The first kappa shape index (κ1) is 48.6. The summed E-state index contributed by atoms with van der Waals surface area (Å²) < 4.78 is 0. The van der Waals surface area contributed by atoms with Crippen molar-refractivity contribution >= 4 is 17.3 Å². The predicted octanol–water partition coefficient (Wildman–Crippen LogP) is 14.5. The van der Waals surface area contributed by atoms with Crippen LogP contribution in [0.5, 0.6) is 0 Å². The van der Waals surface area contributed by atoms with Gasteiger partial charge in [0.15, 0.2) is 5.11 Å². The van der Waals surface area contributed by atoms with E-state index in [1.165, 1.54) is 225 Å². The number of hydrogen-bond acceptors (Lipinski definition) is 2. The highest BCUT2D eigenvalue weighted by atomic mass is 32.1. The average molecular weight is 708 g/mol. The Balaban J connectivity index is 4.33. The molecule has 0 saturated carbocycles. The Kier molecular flexibility index (Phi) is 38.6. The molecule has 0 fully saturated rings. The van der Waals surface area contributed by atoms with Crippen molar-refractivity contribution in [1.82, 2.24) is 15.1 Å². The Morgan fingerprint density at radius 2 is 0.755 bits per heavy atom. The summed E-state index contributed by atoms with van der Waals surface area (Å²) in [6.45, 7) is 14.2. The normalized spacial score (nSPS) is 12.9. The van der Waals surface area contributed by atoms with Crippen LogP contribution in [0.2, 0.25) is 0 Å². The van der Waals surface area contributed by atoms with Gasteiger partial charge < -0.3 is 15.1 Å². The molecule has 0 aromatic heterocycles. The molecule has 0 radical (unpaired) electrons. The molecule has 0 heterocycles. The molecule has 49 heavy (non-hydrogen) atoms. The van der Waals surface area contributed by atoms with Crippen molar-refractivity contribution < 1.29 is 0 Å². The minimum absolute atomic E-state index is 0.864. The Hall–Kier alpha value is -0.350. The molecular formula is C45H93N3S. The fourth-order valence-electron chi connectivity index (χ4n) is 7.68. The van der Waals surface area contributed by atoms with Gasteiger partial charge in [-0.2, -0.15) is 0 Å². The van der Waals surface area contributed by atoms with Crippen LogP contribution in [0.1, 0.15) is 233 Å². The monoisotopic (exact) mass is 708 g/mol. The zero-order valence-electron chi connectivity index (χ0n) is 34.9. The van der Waals surface area contributed by atoms with Crippen molar-refractivity contribution in [2.75, 3.05) is 40.3 Å². The quantitative estimate of drug-likeness (QED) is 0.0506. The molecule has 2 atom stereocenters. The second kappa shape index (κ2) is 38.9. The molecule has 0 saturated heterocycles. The van der Waals surface area contributed by atoms with Gasteiger partial charge in [0.2, 0.25) is 0 Å². The van der Waals surface area contributed by atoms with Gasteiger partial charge in [-0.1, -0.05) is 214 Å². The first-order valence-electron chi connectivity index (χ1n) is 22.7. The lowest BCUT2D eigenvalue weighted by molar-refractivity contribution is 0.257. The maximum absolute atomic E-state index is 5.45. The van der Waals surface area contributed by atoms with Crippen LogP contribution in [0.3, 0.4) is 0 Å². The first-order valence-corrected chi connectivity index (χ1v) is 23.1. The van der Waals surface area contributed by atoms with Crippen LogP contribution >= 0.6 is 12.2 Å². The van der Waals surface area contributed by atoms with E-state index in [2.05, 4.69) is 37.9 Å². The molecule has 0 aliphatic heterocycles. The lowest BCUT2D eigenvalue weighted by Gasteiger charge is -2.23. The highest BCUT2D eigenvalue weighted by Crippen LogP contribution is 2.25. The first-order chi connectivity index (χ1) is 24.0. The molecule has 1 N–H and O–H groups in total. The number of nitrogens with zero attached hydrogens (tertiary/aromatic N) is 2. The number of unbranched alkanes of at least 4 members (excludes halogenated alkanes) is 20. The molecule has 0 amide bonds.